The summed E-state index contributed by atoms with van der Waals surface area (Å²) in [4.78, 5) is 23.5. The summed E-state index contributed by atoms with van der Waals surface area (Å²) in [5.41, 5.74) is 0. The molecule has 0 aromatic carbocycles. The van der Waals surface area contributed by atoms with Gasteiger partial charge in [-0.25, -0.2) is 0 Å². The summed E-state index contributed by atoms with van der Waals surface area (Å²) in [5.74, 6) is 0.159. The van der Waals surface area contributed by atoms with Crippen LogP contribution >= 0.6 is 0 Å². The molecule has 0 radical (unpaired) electrons. The van der Waals surface area contributed by atoms with Crippen LogP contribution in [0, 0.1) is 5.92 Å². The van der Waals surface area contributed by atoms with E-state index in [1.54, 1.807) is 6.92 Å². The standard InChI is InChI=1S/C13H22N2O2/c1-9(14-13(17)10-5-4-6-10)12(16)15-11-7-2-3-8-11/h9-11H,2-8H2,1H3,(H,14,17)(H,15,16)/t9-/m1/s1. The van der Waals surface area contributed by atoms with Gasteiger partial charge in [0.05, 0.1) is 0 Å². The van der Waals surface area contributed by atoms with Crippen LogP contribution in [0.3, 0.4) is 0 Å². The maximum absolute atomic E-state index is 11.8. The van der Waals surface area contributed by atoms with Gasteiger partial charge in [0.15, 0.2) is 0 Å². The molecule has 17 heavy (non-hydrogen) atoms. The van der Waals surface area contributed by atoms with Gasteiger partial charge in [-0.2, -0.15) is 0 Å². The van der Waals surface area contributed by atoms with Gasteiger partial charge in [0, 0.05) is 12.0 Å². The van der Waals surface area contributed by atoms with E-state index in [1.807, 2.05) is 0 Å². The number of hydrogen-bond acceptors (Lipinski definition) is 2. The first-order valence-electron chi connectivity index (χ1n) is 6.77. The quantitative estimate of drug-likeness (QED) is 0.776. The molecule has 2 N–H and O–H groups in total. The topological polar surface area (TPSA) is 58.2 Å². The molecule has 96 valence electrons. The first kappa shape index (κ1) is 12.4. The zero-order valence-electron chi connectivity index (χ0n) is 10.5. The minimum Gasteiger partial charge on any atom is -0.352 e. The van der Waals surface area contributed by atoms with E-state index in [-0.39, 0.29) is 17.7 Å². The maximum atomic E-state index is 11.8. The van der Waals surface area contributed by atoms with Crippen LogP contribution in [0.15, 0.2) is 0 Å². The van der Waals surface area contributed by atoms with Crippen LogP contribution < -0.4 is 10.6 Å². The van der Waals surface area contributed by atoms with E-state index < -0.39 is 6.04 Å². The zero-order chi connectivity index (χ0) is 12.3. The molecule has 4 nitrogen and oxygen atoms in total. The fraction of sp³-hybridized carbons (Fsp3) is 0.846. The van der Waals surface area contributed by atoms with Gasteiger partial charge in [-0.05, 0) is 32.6 Å². The van der Waals surface area contributed by atoms with E-state index in [2.05, 4.69) is 10.6 Å². The Hall–Kier alpha value is -1.06. The lowest BCUT2D eigenvalue weighted by molar-refractivity contribution is -0.132. The molecular weight excluding hydrogens is 216 g/mol. The second-order valence-corrected chi connectivity index (χ2v) is 5.35. The summed E-state index contributed by atoms with van der Waals surface area (Å²) in [6.07, 6.45) is 7.65. The number of hydrogen-bond donors (Lipinski definition) is 2. The monoisotopic (exact) mass is 238 g/mol. The Bertz CT molecular complexity index is 294. The molecule has 0 aliphatic heterocycles. The average molecular weight is 238 g/mol. The second-order valence-electron chi connectivity index (χ2n) is 5.35. The van der Waals surface area contributed by atoms with Crippen molar-refractivity contribution >= 4 is 11.8 Å². The summed E-state index contributed by atoms with van der Waals surface area (Å²) in [7, 11) is 0. The molecule has 2 saturated carbocycles. The molecule has 2 amide bonds. The van der Waals surface area contributed by atoms with E-state index in [0.29, 0.717) is 6.04 Å². The van der Waals surface area contributed by atoms with E-state index in [4.69, 9.17) is 0 Å². The SMILES string of the molecule is C[C@@H](NC(=O)C1CCC1)C(=O)NC1CCCC1. The van der Waals surface area contributed by atoms with Gasteiger partial charge in [-0.1, -0.05) is 19.3 Å². The Morgan fingerprint density at radius 3 is 2.24 bits per heavy atom. The highest BCUT2D eigenvalue weighted by Crippen LogP contribution is 2.26. The molecule has 0 unspecified atom stereocenters. The van der Waals surface area contributed by atoms with Gasteiger partial charge >= 0.3 is 0 Å². The van der Waals surface area contributed by atoms with Crippen molar-refractivity contribution < 1.29 is 9.59 Å². The Labute approximate surface area is 103 Å². The van der Waals surface area contributed by atoms with Crippen LogP contribution in [0.4, 0.5) is 0 Å². The number of rotatable bonds is 4. The molecular formula is C13H22N2O2. The Morgan fingerprint density at radius 2 is 1.71 bits per heavy atom. The number of amides is 2. The van der Waals surface area contributed by atoms with Crippen LogP contribution in [0.5, 0.6) is 0 Å². The van der Waals surface area contributed by atoms with Gasteiger partial charge in [-0.15, -0.1) is 0 Å². The first-order chi connectivity index (χ1) is 8.16. The summed E-state index contributed by atoms with van der Waals surface area (Å²) in [5, 5.41) is 5.81. The lowest BCUT2D eigenvalue weighted by Crippen LogP contribution is -2.49. The summed E-state index contributed by atoms with van der Waals surface area (Å²) < 4.78 is 0. The molecule has 2 rings (SSSR count). The summed E-state index contributed by atoms with van der Waals surface area (Å²) in [6.45, 7) is 1.76. The van der Waals surface area contributed by atoms with Crippen LogP contribution in [-0.2, 0) is 9.59 Å². The lowest BCUT2D eigenvalue weighted by Gasteiger charge is -2.26. The third-order valence-electron chi connectivity index (χ3n) is 3.93. The highest BCUT2D eigenvalue weighted by molar-refractivity contribution is 5.88. The number of carbonyl (C=O) groups excluding carboxylic acids is 2. The van der Waals surface area contributed by atoms with Crippen molar-refractivity contribution in [2.24, 2.45) is 5.92 Å². The fourth-order valence-corrected chi connectivity index (χ4v) is 2.46. The average Bonchev–Trinajstić information content (AvgIpc) is 2.67. The second kappa shape index (κ2) is 5.52. The van der Waals surface area contributed by atoms with Crippen molar-refractivity contribution in [2.75, 3.05) is 0 Å². The van der Waals surface area contributed by atoms with Crippen LogP contribution in [0.2, 0.25) is 0 Å². The highest BCUT2D eigenvalue weighted by atomic mass is 16.2. The summed E-state index contributed by atoms with van der Waals surface area (Å²) >= 11 is 0. The molecule has 4 heteroatoms. The minimum atomic E-state index is -0.399. The van der Waals surface area contributed by atoms with Crippen molar-refractivity contribution in [2.45, 2.75) is 64.0 Å². The number of carbonyl (C=O) groups is 2. The van der Waals surface area contributed by atoms with Gasteiger partial charge in [0.1, 0.15) is 6.04 Å². The van der Waals surface area contributed by atoms with E-state index in [1.165, 1.54) is 12.8 Å². The number of nitrogens with one attached hydrogen (secondary N) is 2. The van der Waals surface area contributed by atoms with Gasteiger partial charge < -0.3 is 10.6 Å². The van der Waals surface area contributed by atoms with Crippen molar-refractivity contribution in [3.05, 3.63) is 0 Å². The molecule has 0 aromatic heterocycles. The Morgan fingerprint density at radius 1 is 1.06 bits per heavy atom. The fourth-order valence-electron chi connectivity index (χ4n) is 2.46. The molecule has 0 spiro atoms. The van der Waals surface area contributed by atoms with Gasteiger partial charge in [0.25, 0.3) is 0 Å². The zero-order valence-corrected chi connectivity index (χ0v) is 10.5. The van der Waals surface area contributed by atoms with E-state index in [9.17, 15) is 9.59 Å². The van der Waals surface area contributed by atoms with Crippen molar-refractivity contribution in [3.63, 3.8) is 0 Å². The first-order valence-corrected chi connectivity index (χ1v) is 6.77. The molecule has 0 saturated heterocycles. The highest BCUT2D eigenvalue weighted by Gasteiger charge is 2.28. The van der Waals surface area contributed by atoms with E-state index in [0.717, 1.165) is 32.1 Å². The van der Waals surface area contributed by atoms with Crippen molar-refractivity contribution in [1.82, 2.24) is 10.6 Å². The van der Waals surface area contributed by atoms with E-state index >= 15 is 0 Å². The minimum absolute atomic E-state index is 0.0374. The third-order valence-corrected chi connectivity index (χ3v) is 3.93. The van der Waals surface area contributed by atoms with Gasteiger partial charge in [0.2, 0.25) is 11.8 Å². The Balaban J connectivity index is 1.72. The predicted octanol–water partition coefficient (Wildman–Crippen LogP) is 1.35. The van der Waals surface area contributed by atoms with Crippen LogP contribution in [-0.4, -0.2) is 23.9 Å². The largest absolute Gasteiger partial charge is 0.352 e. The predicted molar refractivity (Wildman–Crippen MR) is 65.3 cm³/mol. The summed E-state index contributed by atoms with van der Waals surface area (Å²) in [6, 6.07) is -0.0748. The molecule has 0 aromatic rings. The normalized spacial score (nSPS) is 22.9. The van der Waals surface area contributed by atoms with Crippen LogP contribution in [0.25, 0.3) is 0 Å². The smallest absolute Gasteiger partial charge is 0.242 e. The lowest BCUT2D eigenvalue weighted by atomic mass is 9.84. The molecule has 2 aliphatic rings. The van der Waals surface area contributed by atoms with Crippen LogP contribution in [0.1, 0.15) is 51.9 Å². The maximum Gasteiger partial charge on any atom is 0.242 e. The van der Waals surface area contributed by atoms with Gasteiger partial charge in [-0.3, -0.25) is 9.59 Å². The molecule has 0 bridgehead atoms. The third kappa shape index (κ3) is 3.20. The molecule has 1 atom stereocenters. The molecule has 2 fully saturated rings. The molecule has 0 heterocycles. The Kier molecular flexibility index (Phi) is 4.02. The van der Waals surface area contributed by atoms with Crippen molar-refractivity contribution in [3.8, 4) is 0 Å². The molecule has 2 aliphatic carbocycles. The van der Waals surface area contributed by atoms with Crippen molar-refractivity contribution in [1.29, 1.82) is 0 Å².